The molecule has 3 aromatic rings. The Kier molecular flexibility index (Phi) is 8.71. The summed E-state index contributed by atoms with van der Waals surface area (Å²) in [6.45, 7) is 7.47. The van der Waals surface area contributed by atoms with Gasteiger partial charge < -0.3 is 10.1 Å². The Morgan fingerprint density at radius 3 is 2.27 bits per heavy atom. The first-order valence-corrected chi connectivity index (χ1v) is 13.6. The van der Waals surface area contributed by atoms with Crippen molar-refractivity contribution in [3.8, 4) is 5.75 Å². The van der Waals surface area contributed by atoms with Crippen LogP contribution in [0.15, 0.2) is 78.9 Å². The predicted molar refractivity (Wildman–Crippen MR) is 152 cm³/mol. The normalized spacial score (nSPS) is 18.9. The van der Waals surface area contributed by atoms with Crippen LogP contribution < -0.4 is 10.1 Å². The van der Waals surface area contributed by atoms with Gasteiger partial charge in [0.05, 0.1) is 13.2 Å². The molecule has 1 saturated carbocycles. The van der Waals surface area contributed by atoms with Gasteiger partial charge >= 0.3 is 0 Å². The van der Waals surface area contributed by atoms with E-state index >= 15 is 0 Å². The van der Waals surface area contributed by atoms with E-state index in [1.807, 2.05) is 24.3 Å². The smallest absolute Gasteiger partial charge is 0.224 e. The molecule has 1 amide bonds. The fourth-order valence-corrected chi connectivity index (χ4v) is 5.55. The van der Waals surface area contributed by atoms with Gasteiger partial charge in [0.25, 0.3) is 0 Å². The van der Waals surface area contributed by atoms with E-state index in [0.29, 0.717) is 0 Å². The Morgan fingerprint density at radius 1 is 0.973 bits per heavy atom. The minimum absolute atomic E-state index is 0.0139. The second-order valence-electron chi connectivity index (χ2n) is 11.0. The Bertz CT molecular complexity index is 1140. The van der Waals surface area contributed by atoms with Crippen LogP contribution in [0.5, 0.6) is 5.75 Å². The van der Waals surface area contributed by atoms with Gasteiger partial charge in [0.2, 0.25) is 5.91 Å². The molecule has 1 aliphatic rings. The maximum Gasteiger partial charge on any atom is 0.224 e. The third-order valence-corrected chi connectivity index (χ3v) is 8.34. The van der Waals surface area contributed by atoms with Crippen LogP contribution in [-0.2, 0) is 16.9 Å². The van der Waals surface area contributed by atoms with Gasteiger partial charge in [-0.15, -0.1) is 0 Å². The summed E-state index contributed by atoms with van der Waals surface area (Å²) >= 11 is 0. The molecule has 0 bridgehead atoms. The highest BCUT2D eigenvalue weighted by molar-refractivity contribution is 5.80. The molecular weight excluding hydrogens is 456 g/mol. The molecule has 1 fully saturated rings. The first-order valence-electron chi connectivity index (χ1n) is 13.6. The second-order valence-corrected chi connectivity index (χ2v) is 11.0. The molecule has 0 heterocycles. The van der Waals surface area contributed by atoms with Crippen molar-refractivity contribution < 1.29 is 9.53 Å². The lowest BCUT2D eigenvalue weighted by molar-refractivity contribution is -0.127. The zero-order chi connectivity index (χ0) is 26.4. The second kappa shape index (κ2) is 12.0. The van der Waals surface area contributed by atoms with Gasteiger partial charge in [0, 0.05) is 18.0 Å². The van der Waals surface area contributed by atoms with Crippen molar-refractivity contribution in [2.75, 3.05) is 14.2 Å². The monoisotopic (exact) mass is 498 g/mol. The number of benzene rings is 3. The van der Waals surface area contributed by atoms with Crippen LogP contribution in [0.1, 0.15) is 80.7 Å². The lowest BCUT2D eigenvalue weighted by Gasteiger charge is -2.36. The van der Waals surface area contributed by atoms with E-state index < -0.39 is 0 Å². The van der Waals surface area contributed by atoms with Crippen LogP contribution >= 0.6 is 0 Å². The van der Waals surface area contributed by atoms with Crippen molar-refractivity contribution >= 4 is 5.91 Å². The molecule has 0 saturated heterocycles. The Hall–Kier alpha value is -3.11. The van der Waals surface area contributed by atoms with E-state index in [4.69, 9.17) is 4.74 Å². The molecule has 0 radical (unpaired) electrons. The Balaban J connectivity index is 1.41. The van der Waals surface area contributed by atoms with Crippen LogP contribution in [0, 0.1) is 5.92 Å². The highest BCUT2D eigenvalue weighted by Gasteiger charge is 2.33. The number of hydrogen-bond acceptors (Lipinski definition) is 3. The quantitative estimate of drug-likeness (QED) is 0.339. The molecular formula is C33H42N2O2. The number of rotatable bonds is 9. The number of hydrogen-bond donors (Lipinski definition) is 1. The maximum absolute atomic E-state index is 13.4. The number of nitrogens with one attached hydrogen (secondary N) is 1. The standard InChI is InChI=1S/C33H42N2O2/c1-24(26-19-21-29(37-5)22-20-26)34-32(36)31-14-10-9-13-30(31)27-17-15-25(16-18-27)23-35(4)33(2,3)28-11-7-6-8-12-28/h6-8,11-12,15-22,24,30-31H,9-10,13-14,23H2,1-5H3,(H,34,36)/t24?,30-,31?/m1/s1. The molecule has 0 spiro atoms. The lowest BCUT2D eigenvalue weighted by atomic mass is 9.74. The molecule has 1 aliphatic carbocycles. The highest BCUT2D eigenvalue weighted by Crippen LogP contribution is 2.38. The summed E-state index contributed by atoms with van der Waals surface area (Å²) in [7, 11) is 3.85. The van der Waals surface area contributed by atoms with Crippen LogP contribution in [0.25, 0.3) is 0 Å². The Morgan fingerprint density at radius 2 is 1.62 bits per heavy atom. The molecule has 4 heteroatoms. The topological polar surface area (TPSA) is 41.6 Å². The van der Waals surface area contributed by atoms with Crippen molar-refractivity contribution in [3.63, 3.8) is 0 Å². The first-order chi connectivity index (χ1) is 17.8. The van der Waals surface area contributed by atoms with E-state index in [0.717, 1.165) is 37.1 Å². The number of carbonyl (C=O) groups excluding carboxylic acids is 1. The van der Waals surface area contributed by atoms with E-state index in [-0.39, 0.29) is 29.3 Å². The molecule has 0 aromatic heterocycles. The number of amides is 1. The van der Waals surface area contributed by atoms with Gasteiger partial charge in [-0.2, -0.15) is 0 Å². The molecule has 3 atom stereocenters. The maximum atomic E-state index is 13.4. The number of methoxy groups -OCH3 is 1. The molecule has 37 heavy (non-hydrogen) atoms. The zero-order valence-corrected chi connectivity index (χ0v) is 23.0. The lowest BCUT2D eigenvalue weighted by Crippen LogP contribution is -2.38. The van der Waals surface area contributed by atoms with E-state index in [9.17, 15) is 4.79 Å². The molecule has 4 rings (SSSR count). The number of carbonyl (C=O) groups is 1. The SMILES string of the molecule is COc1ccc(C(C)NC(=O)C2CCCC[C@@H]2c2ccc(CN(C)C(C)(C)c3ccccc3)cc2)cc1. The molecule has 196 valence electrons. The van der Waals surface area contributed by atoms with Crippen molar-refractivity contribution in [2.24, 2.45) is 5.92 Å². The van der Waals surface area contributed by atoms with Gasteiger partial charge in [-0.3, -0.25) is 9.69 Å². The predicted octanol–water partition coefficient (Wildman–Crippen LogP) is 7.21. The minimum atomic E-state index is -0.0624. The van der Waals surface area contributed by atoms with Crippen LogP contribution in [0.3, 0.4) is 0 Å². The summed E-state index contributed by atoms with van der Waals surface area (Å²) in [5, 5.41) is 3.29. The van der Waals surface area contributed by atoms with Gasteiger partial charge in [0.15, 0.2) is 0 Å². The van der Waals surface area contributed by atoms with Crippen LogP contribution in [0.2, 0.25) is 0 Å². The largest absolute Gasteiger partial charge is 0.497 e. The van der Waals surface area contributed by atoms with Crippen LogP contribution in [-0.4, -0.2) is 25.0 Å². The fourth-order valence-electron chi connectivity index (χ4n) is 5.55. The van der Waals surface area contributed by atoms with E-state index in [2.05, 4.69) is 92.6 Å². The van der Waals surface area contributed by atoms with Gasteiger partial charge in [-0.1, -0.05) is 79.6 Å². The summed E-state index contributed by atoms with van der Waals surface area (Å²) in [5.74, 6) is 1.28. The highest BCUT2D eigenvalue weighted by atomic mass is 16.5. The number of ether oxygens (including phenoxy) is 1. The van der Waals surface area contributed by atoms with Gasteiger partial charge in [-0.05, 0) is 81.0 Å². The third-order valence-electron chi connectivity index (χ3n) is 8.34. The Labute approximate surface area is 223 Å². The van der Waals surface area contributed by atoms with Crippen molar-refractivity contribution in [1.29, 1.82) is 0 Å². The summed E-state index contributed by atoms with van der Waals surface area (Å²) in [6.07, 6.45) is 4.30. The minimum Gasteiger partial charge on any atom is -0.497 e. The zero-order valence-electron chi connectivity index (χ0n) is 23.0. The van der Waals surface area contributed by atoms with E-state index in [1.54, 1.807) is 7.11 Å². The first kappa shape index (κ1) is 26.9. The van der Waals surface area contributed by atoms with Gasteiger partial charge in [0.1, 0.15) is 5.75 Å². The summed E-state index contributed by atoms with van der Waals surface area (Å²) in [6, 6.07) is 27.6. The number of nitrogens with zero attached hydrogens (tertiary/aromatic N) is 1. The average Bonchev–Trinajstić information content (AvgIpc) is 2.94. The average molecular weight is 499 g/mol. The van der Waals surface area contributed by atoms with Crippen molar-refractivity contribution in [1.82, 2.24) is 10.2 Å². The van der Waals surface area contributed by atoms with Crippen molar-refractivity contribution in [2.45, 2.75) is 70.5 Å². The van der Waals surface area contributed by atoms with E-state index in [1.165, 1.54) is 23.1 Å². The summed E-state index contributed by atoms with van der Waals surface area (Å²) < 4.78 is 5.26. The molecule has 3 aromatic carbocycles. The summed E-state index contributed by atoms with van der Waals surface area (Å²) in [4.78, 5) is 15.8. The van der Waals surface area contributed by atoms with Crippen LogP contribution in [0.4, 0.5) is 0 Å². The summed E-state index contributed by atoms with van der Waals surface area (Å²) in [5.41, 5.74) is 4.92. The molecule has 1 N–H and O–H groups in total. The fraction of sp³-hybridized carbons (Fsp3) is 0.424. The molecule has 2 unspecified atom stereocenters. The third kappa shape index (κ3) is 6.42. The van der Waals surface area contributed by atoms with Crippen molar-refractivity contribution in [3.05, 3.63) is 101 Å². The molecule has 0 aliphatic heterocycles. The van der Waals surface area contributed by atoms with Gasteiger partial charge in [-0.25, -0.2) is 0 Å². The molecule has 4 nitrogen and oxygen atoms in total.